The van der Waals surface area contributed by atoms with E-state index in [1.54, 1.807) is 6.08 Å². The summed E-state index contributed by atoms with van der Waals surface area (Å²) in [6, 6.07) is 5.58. The van der Waals surface area contributed by atoms with Gasteiger partial charge in [-0.1, -0.05) is 31.6 Å². The van der Waals surface area contributed by atoms with Gasteiger partial charge in [-0.15, -0.1) is 0 Å². The van der Waals surface area contributed by atoms with Crippen molar-refractivity contribution in [1.29, 1.82) is 0 Å². The molecule has 104 valence electrons. The molecule has 1 unspecified atom stereocenters. The minimum atomic E-state index is -0.829. The summed E-state index contributed by atoms with van der Waals surface area (Å²) >= 11 is 0. The molecule has 0 heterocycles. The third kappa shape index (κ3) is 5.22. The normalized spacial score (nSPS) is 11.8. The maximum Gasteiger partial charge on any atom is 0.244 e. The molecule has 0 aliphatic carbocycles. The van der Waals surface area contributed by atoms with Crippen LogP contribution in [0.1, 0.15) is 38.4 Å². The maximum atomic E-state index is 12.7. The molecule has 19 heavy (non-hydrogen) atoms. The van der Waals surface area contributed by atoms with Crippen LogP contribution in [0, 0.1) is 5.82 Å². The Balaban J connectivity index is 2.50. The maximum absolute atomic E-state index is 12.7. The molecule has 1 aromatic carbocycles. The molecule has 2 N–H and O–H groups in total. The number of nitrogens with one attached hydrogen (secondary N) is 1. The van der Waals surface area contributed by atoms with Gasteiger partial charge in [0.1, 0.15) is 5.82 Å². The van der Waals surface area contributed by atoms with Crippen LogP contribution in [0.15, 0.2) is 35.9 Å². The van der Waals surface area contributed by atoms with Crippen LogP contribution in [0.4, 0.5) is 4.39 Å². The van der Waals surface area contributed by atoms with Crippen molar-refractivity contribution in [1.82, 2.24) is 5.32 Å². The van der Waals surface area contributed by atoms with E-state index in [9.17, 15) is 14.3 Å². The van der Waals surface area contributed by atoms with E-state index in [1.165, 1.54) is 24.3 Å². The van der Waals surface area contributed by atoms with Gasteiger partial charge in [0.25, 0.3) is 0 Å². The van der Waals surface area contributed by atoms with Gasteiger partial charge in [-0.05, 0) is 30.5 Å². The molecule has 1 rings (SSSR count). The first kappa shape index (κ1) is 15.4. The van der Waals surface area contributed by atoms with Gasteiger partial charge in [0, 0.05) is 12.6 Å². The van der Waals surface area contributed by atoms with Crippen LogP contribution >= 0.6 is 0 Å². The van der Waals surface area contributed by atoms with Crippen LogP contribution in [0.5, 0.6) is 0 Å². The summed E-state index contributed by atoms with van der Waals surface area (Å²) in [7, 11) is 0. The lowest BCUT2D eigenvalue weighted by Crippen LogP contribution is -2.27. The molecule has 0 aliphatic rings. The lowest BCUT2D eigenvalue weighted by Gasteiger charge is -2.11. The zero-order valence-electron chi connectivity index (χ0n) is 11.3. The first-order chi connectivity index (χ1) is 9.06. The summed E-state index contributed by atoms with van der Waals surface area (Å²) in [5.74, 6) is -0.557. The Morgan fingerprint density at radius 1 is 1.32 bits per heavy atom. The number of allylic oxidation sites excluding steroid dienone is 1. The van der Waals surface area contributed by atoms with Crippen molar-refractivity contribution in [3.05, 3.63) is 47.3 Å². The van der Waals surface area contributed by atoms with E-state index in [0.29, 0.717) is 5.56 Å². The van der Waals surface area contributed by atoms with Crippen LogP contribution in [0.25, 0.3) is 0 Å². The Hall–Kier alpha value is -1.68. The predicted octanol–water partition coefficient (Wildman–Crippen LogP) is 2.72. The average molecular weight is 265 g/mol. The van der Waals surface area contributed by atoms with Crippen LogP contribution < -0.4 is 5.32 Å². The molecule has 0 aliphatic heterocycles. The summed E-state index contributed by atoms with van der Waals surface area (Å²) in [4.78, 5) is 11.6. The predicted molar refractivity (Wildman–Crippen MR) is 73.0 cm³/mol. The van der Waals surface area contributed by atoms with Crippen LogP contribution in [0.2, 0.25) is 0 Å². The smallest absolute Gasteiger partial charge is 0.244 e. The van der Waals surface area contributed by atoms with Crippen LogP contribution in [-0.2, 0) is 4.79 Å². The second kappa shape index (κ2) is 7.69. The van der Waals surface area contributed by atoms with Crippen molar-refractivity contribution in [2.75, 3.05) is 6.54 Å². The molecule has 0 radical (unpaired) electrons. The number of hydrogen-bond donors (Lipinski definition) is 2. The summed E-state index contributed by atoms with van der Waals surface area (Å²) in [6.45, 7) is 4.10. The molecule has 1 atom stereocenters. The highest BCUT2D eigenvalue weighted by atomic mass is 19.1. The van der Waals surface area contributed by atoms with E-state index >= 15 is 0 Å². The zero-order chi connectivity index (χ0) is 14.3. The number of carbonyl (C=O) groups is 1. The first-order valence-corrected chi connectivity index (χ1v) is 6.47. The van der Waals surface area contributed by atoms with Crippen LogP contribution in [-0.4, -0.2) is 17.6 Å². The van der Waals surface area contributed by atoms with Crippen LogP contribution in [0.3, 0.4) is 0 Å². The van der Waals surface area contributed by atoms with E-state index in [-0.39, 0.29) is 18.3 Å². The van der Waals surface area contributed by atoms with Crippen molar-refractivity contribution in [2.45, 2.75) is 32.8 Å². The first-order valence-electron chi connectivity index (χ1n) is 6.47. The highest BCUT2D eigenvalue weighted by Gasteiger charge is 2.08. The van der Waals surface area contributed by atoms with E-state index in [1.807, 2.05) is 13.8 Å². The molecule has 0 saturated heterocycles. The molecule has 3 nitrogen and oxygen atoms in total. The Kier molecular flexibility index (Phi) is 6.22. The number of halogens is 1. The molecular formula is C15H20FNO2. The minimum Gasteiger partial charge on any atom is -0.387 e. The fourth-order valence-corrected chi connectivity index (χ4v) is 1.69. The Bertz CT molecular complexity index is 434. The Morgan fingerprint density at radius 3 is 2.42 bits per heavy atom. The Morgan fingerprint density at radius 2 is 1.89 bits per heavy atom. The largest absolute Gasteiger partial charge is 0.387 e. The molecule has 0 fully saturated rings. The number of hydrogen-bond acceptors (Lipinski definition) is 2. The molecular weight excluding hydrogens is 245 g/mol. The molecule has 1 aromatic rings. The van der Waals surface area contributed by atoms with Crippen molar-refractivity contribution in [2.24, 2.45) is 0 Å². The minimum absolute atomic E-state index is 0.113. The number of amides is 1. The van der Waals surface area contributed by atoms with Gasteiger partial charge < -0.3 is 10.4 Å². The molecule has 0 saturated carbocycles. The number of aliphatic hydroxyl groups is 1. The third-order valence-electron chi connectivity index (χ3n) is 2.97. The summed E-state index contributed by atoms with van der Waals surface area (Å²) in [5.41, 5.74) is 1.64. The molecule has 4 heteroatoms. The number of rotatable bonds is 6. The highest BCUT2D eigenvalue weighted by molar-refractivity contribution is 5.88. The van der Waals surface area contributed by atoms with Crippen molar-refractivity contribution in [3.8, 4) is 0 Å². The highest BCUT2D eigenvalue weighted by Crippen LogP contribution is 2.12. The SMILES string of the molecule is CCC(=CC(=O)NCC(O)c1ccc(F)cc1)CC. The fourth-order valence-electron chi connectivity index (χ4n) is 1.69. The van der Waals surface area contributed by atoms with Crippen molar-refractivity contribution < 1.29 is 14.3 Å². The van der Waals surface area contributed by atoms with Crippen molar-refractivity contribution in [3.63, 3.8) is 0 Å². The monoisotopic (exact) mass is 265 g/mol. The second-order valence-corrected chi connectivity index (χ2v) is 4.32. The molecule has 1 amide bonds. The number of aliphatic hydroxyl groups excluding tert-OH is 1. The average Bonchev–Trinajstić information content (AvgIpc) is 2.43. The zero-order valence-corrected chi connectivity index (χ0v) is 11.3. The summed E-state index contributed by atoms with van der Waals surface area (Å²) in [5, 5.41) is 12.5. The molecule has 0 spiro atoms. The summed E-state index contributed by atoms with van der Waals surface area (Å²) in [6.07, 6.45) is 2.41. The van der Waals surface area contributed by atoms with Gasteiger partial charge in [0.05, 0.1) is 6.10 Å². The van der Waals surface area contributed by atoms with Crippen molar-refractivity contribution >= 4 is 5.91 Å². The number of carbonyl (C=O) groups excluding carboxylic acids is 1. The van der Waals surface area contributed by atoms with E-state index < -0.39 is 6.10 Å². The van der Waals surface area contributed by atoms with Gasteiger partial charge in [-0.3, -0.25) is 4.79 Å². The summed E-state index contributed by atoms with van der Waals surface area (Å²) < 4.78 is 12.7. The van der Waals surface area contributed by atoms with Gasteiger partial charge in [0.15, 0.2) is 0 Å². The van der Waals surface area contributed by atoms with E-state index in [2.05, 4.69) is 5.32 Å². The standard InChI is InChI=1S/C15H20FNO2/c1-3-11(4-2)9-15(19)17-10-14(18)12-5-7-13(16)8-6-12/h5-9,14,18H,3-4,10H2,1-2H3,(H,17,19). The quantitative estimate of drug-likeness (QED) is 0.777. The van der Waals surface area contributed by atoms with Gasteiger partial charge in [0.2, 0.25) is 5.91 Å². The third-order valence-corrected chi connectivity index (χ3v) is 2.97. The Labute approximate surface area is 113 Å². The lowest BCUT2D eigenvalue weighted by molar-refractivity contribution is -0.117. The second-order valence-electron chi connectivity index (χ2n) is 4.32. The van der Waals surface area contributed by atoms with Gasteiger partial charge in [-0.25, -0.2) is 4.39 Å². The molecule has 0 bridgehead atoms. The lowest BCUT2D eigenvalue weighted by atomic mass is 10.1. The van der Waals surface area contributed by atoms with Gasteiger partial charge in [-0.2, -0.15) is 0 Å². The fraction of sp³-hybridized carbons (Fsp3) is 0.400. The number of benzene rings is 1. The van der Waals surface area contributed by atoms with Gasteiger partial charge >= 0.3 is 0 Å². The van der Waals surface area contributed by atoms with E-state index in [0.717, 1.165) is 18.4 Å². The molecule has 0 aromatic heterocycles. The topological polar surface area (TPSA) is 49.3 Å². The van der Waals surface area contributed by atoms with E-state index in [4.69, 9.17) is 0 Å².